The summed E-state index contributed by atoms with van der Waals surface area (Å²) in [5, 5.41) is 12.8. The number of nitrogens with zero attached hydrogens (tertiary/aromatic N) is 4. The molecule has 2 heterocycles. The molecule has 0 N–H and O–H groups in total. The molecule has 0 amide bonds. The molecule has 3 aromatic rings. The van der Waals surface area contributed by atoms with E-state index in [4.69, 9.17) is 9.47 Å². The lowest BCUT2D eigenvalue weighted by molar-refractivity contribution is -0.137. The smallest absolute Gasteiger partial charge is 0.416 e. The topological polar surface area (TPSA) is 62.1 Å². The average molecular weight is 404 g/mol. The van der Waals surface area contributed by atoms with Gasteiger partial charge < -0.3 is 9.47 Å². The van der Waals surface area contributed by atoms with Crippen LogP contribution in [0.4, 0.5) is 13.2 Å². The molecule has 2 aromatic heterocycles. The first kappa shape index (κ1) is 19.2. The van der Waals surface area contributed by atoms with Crippen molar-refractivity contribution in [2.75, 3.05) is 6.61 Å². The molecule has 0 radical (unpaired) electrons. The Morgan fingerprint density at radius 2 is 1.93 bits per heavy atom. The second-order valence-corrected chi connectivity index (χ2v) is 6.78. The molecule has 0 unspecified atom stereocenters. The standard InChI is InChI=1S/C20H19F3N4O2/c1-3-28-19-18(29-15-6-4-5-14(11-15)20(21,22)23)12(2)27(26-19)17-10-9-16(24-25-17)13-7-8-13/h4-6,9-11,13H,3,7-8H2,1-2H3. The summed E-state index contributed by atoms with van der Waals surface area (Å²) in [6, 6.07) is 8.39. The fourth-order valence-corrected chi connectivity index (χ4v) is 2.93. The molecule has 1 aliphatic carbocycles. The lowest BCUT2D eigenvalue weighted by Gasteiger charge is -2.10. The van der Waals surface area contributed by atoms with E-state index < -0.39 is 11.7 Å². The van der Waals surface area contributed by atoms with Gasteiger partial charge in [0.05, 0.1) is 23.6 Å². The highest BCUT2D eigenvalue weighted by Crippen LogP contribution is 2.40. The number of alkyl halides is 3. The molecule has 0 spiro atoms. The van der Waals surface area contributed by atoms with E-state index in [-0.39, 0.29) is 17.4 Å². The fraction of sp³-hybridized carbons (Fsp3) is 0.350. The van der Waals surface area contributed by atoms with Gasteiger partial charge in [0, 0.05) is 5.92 Å². The number of benzene rings is 1. The van der Waals surface area contributed by atoms with Crippen LogP contribution in [0.25, 0.3) is 5.82 Å². The minimum Gasteiger partial charge on any atom is -0.474 e. The zero-order valence-electron chi connectivity index (χ0n) is 15.9. The molecular formula is C20H19F3N4O2. The summed E-state index contributed by atoms with van der Waals surface area (Å²) < 4.78 is 51.8. The summed E-state index contributed by atoms with van der Waals surface area (Å²) in [5.41, 5.74) is 0.697. The van der Waals surface area contributed by atoms with Gasteiger partial charge in [-0.25, -0.2) is 4.68 Å². The van der Waals surface area contributed by atoms with Crippen molar-refractivity contribution in [1.29, 1.82) is 0 Å². The fourth-order valence-electron chi connectivity index (χ4n) is 2.93. The largest absolute Gasteiger partial charge is 0.474 e. The molecule has 1 fully saturated rings. The number of hydrogen-bond donors (Lipinski definition) is 0. The van der Waals surface area contributed by atoms with E-state index in [1.807, 2.05) is 12.1 Å². The van der Waals surface area contributed by atoms with Crippen molar-refractivity contribution in [3.05, 3.63) is 53.3 Å². The Hall–Kier alpha value is -3.10. The van der Waals surface area contributed by atoms with Crippen molar-refractivity contribution in [2.24, 2.45) is 0 Å². The molecule has 0 aliphatic heterocycles. The van der Waals surface area contributed by atoms with Gasteiger partial charge in [-0.1, -0.05) is 6.07 Å². The van der Waals surface area contributed by atoms with Gasteiger partial charge in [0.1, 0.15) is 5.75 Å². The summed E-state index contributed by atoms with van der Waals surface area (Å²) in [5.74, 6) is 1.41. The zero-order chi connectivity index (χ0) is 20.6. The monoisotopic (exact) mass is 404 g/mol. The predicted octanol–water partition coefficient (Wildman–Crippen LogP) is 5.06. The molecule has 0 saturated heterocycles. The maximum absolute atomic E-state index is 13.0. The number of halogens is 3. The summed E-state index contributed by atoms with van der Waals surface area (Å²) in [6.07, 6.45) is -2.21. The Balaban J connectivity index is 1.67. The molecular weight excluding hydrogens is 385 g/mol. The highest BCUT2D eigenvalue weighted by Gasteiger charge is 2.31. The molecule has 1 saturated carbocycles. The van der Waals surface area contributed by atoms with Crippen molar-refractivity contribution in [3.8, 4) is 23.2 Å². The van der Waals surface area contributed by atoms with Gasteiger partial charge in [-0.15, -0.1) is 10.2 Å². The van der Waals surface area contributed by atoms with Gasteiger partial charge in [0.15, 0.2) is 5.82 Å². The third-order valence-electron chi connectivity index (χ3n) is 4.58. The summed E-state index contributed by atoms with van der Waals surface area (Å²) >= 11 is 0. The van der Waals surface area contributed by atoms with E-state index in [1.54, 1.807) is 13.8 Å². The molecule has 0 atom stereocenters. The maximum atomic E-state index is 13.0. The number of rotatable bonds is 6. The van der Waals surface area contributed by atoms with Crippen molar-refractivity contribution in [1.82, 2.24) is 20.0 Å². The van der Waals surface area contributed by atoms with Gasteiger partial charge in [0.2, 0.25) is 5.75 Å². The van der Waals surface area contributed by atoms with Crippen LogP contribution in [0.15, 0.2) is 36.4 Å². The highest BCUT2D eigenvalue weighted by atomic mass is 19.4. The lowest BCUT2D eigenvalue weighted by Crippen LogP contribution is -2.05. The van der Waals surface area contributed by atoms with Crippen LogP contribution < -0.4 is 9.47 Å². The third kappa shape index (κ3) is 4.03. The first-order valence-corrected chi connectivity index (χ1v) is 9.28. The van der Waals surface area contributed by atoms with Crippen LogP contribution in [0.5, 0.6) is 17.4 Å². The second-order valence-electron chi connectivity index (χ2n) is 6.78. The van der Waals surface area contributed by atoms with Crippen molar-refractivity contribution < 1.29 is 22.6 Å². The van der Waals surface area contributed by atoms with Crippen molar-refractivity contribution in [3.63, 3.8) is 0 Å². The van der Waals surface area contributed by atoms with E-state index in [9.17, 15) is 13.2 Å². The molecule has 9 heteroatoms. The maximum Gasteiger partial charge on any atom is 0.416 e. The first-order chi connectivity index (χ1) is 13.9. The van der Waals surface area contributed by atoms with E-state index in [1.165, 1.54) is 16.8 Å². The number of ether oxygens (including phenoxy) is 2. The van der Waals surface area contributed by atoms with Gasteiger partial charge in [-0.2, -0.15) is 18.3 Å². The Morgan fingerprint density at radius 1 is 1.14 bits per heavy atom. The van der Waals surface area contributed by atoms with Gasteiger partial charge in [-0.3, -0.25) is 0 Å². The molecule has 1 aromatic carbocycles. The molecule has 1 aliphatic rings. The quantitative estimate of drug-likeness (QED) is 0.575. The van der Waals surface area contributed by atoms with Crippen LogP contribution in [0.1, 0.15) is 42.6 Å². The van der Waals surface area contributed by atoms with Crippen LogP contribution >= 0.6 is 0 Å². The summed E-state index contributed by atoms with van der Waals surface area (Å²) in [4.78, 5) is 0. The van der Waals surface area contributed by atoms with Gasteiger partial charge in [0.25, 0.3) is 5.88 Å². The molecule has 0 bridgehead atoms. The average Bonchev–Trinajstić information content (AvgIpc) is 3.50. The minimum atomic E-state index is -4.46. The van der Waals surface area contributed by atoms with E-state index in [0.717, 1.165) is 30.7 Å². The van der Waals surface area contributed by atoms with E-state index >= 15 is 0 Å². The minimum absolute atomic E-state index is 0.0404. The zero-order valence-corrected chi connectivity index (χ0v) is 15.9. The van der Waals surface area contributed by atoms with Crippen molar-refractivity contribution in [2.45, 2.75) is 38.8 Å². The van der Waals surface area contributed by atoms with Crippen molar-refractivity contribution >= 4 is 0 Å². The Morgan fingerprint density at radius 3 is 2.55 bits per heavy atom. The highest BCUT2D eigenvalue weighted by molar-refractivity contribution is 5.45. The van der Waals surface area contributed by atoms with Crippen LogP contribution in [-0.2, 0) is 6.18 Å². The summed E-state index contributed by atoms with van der Waals surface area (Å²) in [6.45, 7) is 3.84. The lowest BCUT2D eigenvalue weighted by atomic mass is 10.2. The van der Waals surface area contributed by atoms with Gasteiger partial charge >= 0.3 is 6.18 Å². The summed E-state index contributed by atoms with van der Waals surface area (Å²) in [7, 11) is 0. The SMILES string of the molecule is CCOc1nn(-c2ccc(C3CC3)nn2)c(C)c1Oc1cccc(C(F)(F)F)c1. The Kier molecular flexibility index (Phi) is 4.89. The van der Waals surface area contributed by atoms with Crippen LogP contribution in [0, 0.1) is 6.92 Å². The number of hydrogen-bond acceptors (Lipinski definition) is 5. The molecule has 152 valence electrons. The molecule has 4 rings (SSSR count). The van der Waals surface area contributed by atoms with Crippen LogP contribution in [0.2, 0.25) is 0 Å². The molecule has 29 heavy (non-hydrogen) atoms. The van der Waals surface area contributed by atoms with Gasteiger partial charge in [-0.05, 0) is 57.0 Å². The predicted molar refractivity (Wildman–Crippen MR) is 98.6 cm³/mol. The Bertz CT molecular complexity index is 1010. The van der Waals surface area contributed by atoms with E-state index in [2.05, 4.69) is 15.3 Å². The second kappa shape index (κ2) is 7.38. The van der Waals surface area contributed by atoms with E-state index in [0.29, 0.717) is 24.0 Å². The number of aromatic nitrogens is 4. The Labute approximate surface area is 165 Å². The van der Waals surface area contributed by atoms with Crippen LogP contribution in [-0.4, -0.2) is 26.6 Å². The third-order valence-corrected chi connectivity index (χ3v) is 4.58. The molecule has 6 nitrogen and oxygen atoms in total. The van der Waals surface area contributed by atoms with Crippen LogP contribution in [0.3, 0.4) is 0 Å². The normalized spacial score (nSPS) is 14.1. The first-order valence-electron chi connectivity index (χ1n) is 9.28.